The van der Waals surface area contributed by atoms with Crippen LogP contribution in [-0.2, 0) is 6.42 Å². The van der Waals surface area contributed by atoms with Gasteiger partial charge in [0.2, 0.25) is 0 Å². The van der Waals surface area contributed by atoms with E-state index in [0.29, 0.717) is 6.54 Å². The van der Waals surface area contributed by atoms with Crippen molar-refractivity contribution in [2.45, 2.75) is 32.1 Å². The lowest BCUT2D eigenvalue weighted by Crippen LogP contribution is -2.18. The molecule has 2 aliphatic carbocycles. The highest BCUT2D eigenvalue weighted by Gasteiger charge is 2.39. The molecule has 0 aliphatic heterocycles. The molecule has 3 heteroatoms. The van der Waals surface area contributed by atoms with Crippen LogP contribution in [0.3, 0.4) is 0 Å². The fourth-order valence-corrected chi connectivity index (χ4v) is 4.30. The summed E-state index contributed by atoms with van der Waals surface area (Å²) in [5.41, 5.74) is 6.84. The van der Waals surface area contributed by atoms with Crippen molar-refractivity contribution in [3.05, 3.63) is 28.2 Å². The summed E-state index contributed by atoms with van der Waals surface area (Å²) in [4.78, 5) is 0. The summed E-state index contributed by atoms with van der Waals surface area (Å²) in [6, 6.07) is 6.32. The first-order valence-corrected chi connectivity index (χ1v) is 8.17. The molecule has 1 aromatic carbocycles. The molecule has 0 saturated heterocycles. The Hall–Kier alpha value is -0.540. The number of hydrogen-bond donors (Lipinski definition) is 1. The zero-order valence-corrected chi connectivity index (χ0v) is 12.9. The van der Waals surface area contributed by atoms with Crippen LogP contribution in [0.15, 0.2) is 22.7 Å². The first-order chi connectivity index (χ1) is 9.26. The minimum absolute atomic E-state index is 0.692. The van der Waals surface area contributed by atoms with E-state index in [1.807, 2.05) is 0 Å². The molecule has 0 heterocycles. The number of rotatable bonds is 5. The molecule has 2 N–H and O–H groups in total. The van der Waals surface area contributed by atoms with Crippen LogP contribution in [0.5, 0.6) is 5.75 Å². The Balaban J connectivity index is 1.58. The Labute approximate surface area is 123 Å². The molecular formula is C16H22BrNO. The van der Waals surface area contributed by atoms with Crippen LogP contribution in [0, 0.1) is 17.8 Å². The molecule has 104 valence electrons. The summed E-state index contributed by atoms with van der Waals surface area (Å²) in [6.45, 7) is 1.58. The molecule has 0 spiro atoms. The van der Waals surface area contributed by atoms with Crippen LogP contribution < -0.4 is 10.5 Å². The van der Waals surface area contributed by atoms with E-state index >= 15 is 0 Å². The van der Waals surface area contributed by atoms with E-state index in [1.54, 1.807) is 0 Å². The predicted octanol–water partition coefficient (Wildman–Crippen LogP) is 3.77. The first-order valence-electron chi connectivity index (χ1n) is 7.37. The number of halogens is 1. The molecular weight excluding hydrogens is 302 g/mol. The van der Waals surface area contributed by atoms with Gasteiger partial charge < -0.3 is 10.5 Å². The van der Waals surface area contributed by atoms with Crippen molar-refractivity contribution in [1.82, 2.24) is 0 Å². The van der Waals surface area contributed by atoms with Gasteiger partial charge in [-0.2, -0.15) is 0 Å². The van der Waals surface area contributed by atoms with Gasteiger partial charge in [0.1, 0.15) is 5.75 Å². The maximum atomic E-state index is 6.03. The fourth-order valence-electron chi connectivity index (χ4n) is 3.76. The smallest absolute Gasteiger partial charge is 0.133 e. The van der Waals surface area contributed by atoms with Crippen LogP contribution in [0.4, 0.5) is 0 Å². The molecule has 1 aromatic rings. The van der Waals surface area contributed by atoms with Crippen molar-refractivity contribution in [3.8, 4) is 5.75 Å². The van der Waals surface area contributed by atoms with E-state index in [9.17, 15) is 0 Å². The summed E-state index contributed by atoms with van der Waals surface area (Å²) in [6.07, 6.45) is 6.64. The predicted molar refractivity (Wildman–Crippen MR) is 81.3 cm³/mol. The molecule has 2 fully saturated rings. The van der Waals surface area contributed by atoms with E-state index in [1.165, 1.54) is 31.2 Å². The van der Waals surface area contributed by atoms with Crippen LogP contribution in [0.2, 0.25) is 0 Å². The third-order valence-corrected chi connectivity index (χ3v) is 5.39. The Kier molecular flexibility index (Phi) is 4.13. The van der Waals surface area contributed by atoms with Crippen molar-refractivity contribution in [1.29, 1.82) is 0 Å². The van der Waals surface area contributed by atoms with Crippen LogP contribution in [0.25, 0.3) is 0 Å². The van der Waals surface area contributed by atoms with Crippen molar-refractivity contribution in [3.63, 3.8) is 0 Å². The van der Waals surface area contributed by atoms with Crippen molar-refractivity contribution in [2.24, 2.45) is 23.5 Å². The molecule has 3 unspecified atom stereocenters. The summed E-state index contributed by atoms with van der Waals surface area (Å²) < 4.78 is 7.09. The van der Waals surface area contributed by atoms with Gasteiger partial charge in [-0.05, 0) is 83.6 Å². The van der Waals surface area contributed by atoms with E-state index in [-0.39, 0.29) is 0 Å². The molecule has 0 amide bonds. The molecule has 2 saturated carbocycles. The lowest BCUT2D eigenvalue weighted by molar-refractivity contribution is 0.194. The highest BCUT2D eigenvalue weighted by atomic mass is 79.9. The molecule has 0 radical (unpaired) electrons. The summed E-state index contributed by atoms with van der Waals surface area (Å²) in [5, 5.41) is 0. The summed E-state index contributed by atoms with van der Waals surface area (Å²) >= 11 is 3.60. The second kappa shape index (κ2) is 5.84. The minimum Gasteiger partial charge on any atom is -0.492 e. The third-order valence-electron chi connectivity index (χ3n) is 4.77. The van der Waals surface area contributed by atoms with Crippen molar-refractivity contribution < 1.29 is 4.74 Å². The van der Waals surface area contributed by atoms with Gasteiger partial charge in [-0.25, -0.2) is 0 Å². The van der Waals surface area contributed by atoms with E-state index in [0.717, 1.165) is 41.0 Å². The SMILES string of the molecule is NCCc1ccc(OCC2CC3CCC2C3)c(Br)c1. The number of fused-ring (bicyclic) bond motifs is 2. The number of benzene rings is 1. The Morgan fingerprint density at radius 2 is 2.16 bits per heavy atom. The largest absolute Gasteiger partial charge is 0.492 e. The molecule has 2 aliphatic rings. The normalized spacial score (nSPS) is 28.8. The van der Waals surface area contributed by atoms with Gasteiger partial charge in [0, 0.05) is 0 Å². The highest BCUT2D eigenvalue weighted by molar-refractivity contribution is 9.10. The monoisotopic (exact) mass is 323 g/mol. The average Bonchev–Trinajstić information content (AvgIpc) is 3.00. The van der Waals surface area contributed by atoms with Gasteiger partial charge >= 0.3 is 0 Å². The maximum absolute atomic E-state index is 6.03. The topological polar surface area (TPSA) is 35.2 Å². The Morgan fingerprint density at radius 1 is 1.26 bits per heavy atom. The van der Waals surface area contributed by atoms with E-state index < -0.39 is 0 Å². The lowest BCUT2D eigenvalue weighted by atomic mass is 9.89. The second-order valence-electron chi connectivity index (χ2n) is 6.05. The van der Waals surface area contributed by atoms with Crippen molar-refractivity contribution in [2.75, 3.05) is 13.2 Å². The molecule has 3 rings (SSSR count). The third kappa shape index (κ3) is 2.97. The van der Waals surface area contributed by atoms with E-state index in [4.69, 9.17) is 10.5 Å². The van der Waals surface area contributed by atoms with Gasteiger partial charge in [-0.15, -0.1) is 0 Å². The Bertz CT molecular complexity index is 448. The molecule has 19 heavy (non-hydrogen) atoms. The highest BCUT2D eigenvalue weighted by Crippen LogP contribution is 2.48. The van der Waals surface area contributed by atoms with Gasteiger partial charge in [-0.3, -0.25) is 0 Å². The molecule has 2 nitrogen and oxygen atoms in total. The van der Waals surface area contributed by atoms with Crippen molar-refractivity contribution >= 4 is 15.9 Å². The first kappa shape index (κ1) is 13.4. The Morgan fingerprint density at radius 3 is 2.79 bits per heavy atom. The maximum Gasteiger partial charge on any atom is 0.133 e. The zero-order valence-electron chi connectivity index (χ0n) is 11.3. The van der Waals surface area contributed by atoms with Gasteiger partial charge in [0.15, 0.2) is 0 Å². The molecule has 2 bridgehead atoms. The second-order valence-corrected chi connectivity index (χ2v) is 6.90. The minimum atomic E-state index is 0.692. The standard InChI is InChI=1S/C16H22BrNO/c17-15-9-11(5-6-18)2-4-16(15)19-10-14-8-12-1-3-13(14)7-12/h2,4,9,12-14H,1,3,5-8,10,18H2. The lowest BCUT2D eigenvalue weighted by Gasteiger charge is -2.22. The van der Waals surface area contributed by atoms with Gasteiger partial charge in [0.05, 0.1) is 11.1 Å². The summed E-state index contributed by atoms with van der Waals surface area (Å²) in [7, 11) is 0. The van der Waals surface area contributed by atoms with Crippen LogP contribution in [0.1, 0.15) is 31.2 Å². The average molecular weight is 324 g/mol. The van der Waals surface area contributed by atoms with Crippen LogP contribution in [-0.4, -0.2) is 13.2 Å². The van der Waals surface area contributed by atoms with Gasteiger partial charge in [0.25, 0.3) is 0 Å². The quantitative estimate of drug-likeness (QED) is 0.895. The fraction of sp³-hybridized carbons (Fsp3) is 0.625. The molecule has 3 atom stereocenters. The number of nitrogens with two attached hydrogens (primary N) is 1. The van der Waals surface area contributed by atoms with Crippen LogP contribution >= 0.6 is 15.9 Å². The van der Waals surface area contributed by atoms with Gasteiger partial charge in [-0.1, -0.05) is 12.5 Å². The summed E-state index contributed by atoms with van der Waals surface area (Å²) in [5.74, 6) is 3.69. The number of ether oxygens (including phenoxy) is 1. The number of hydrogen-bond acceptors (Lipinski definition) is 2. The zero-order chi connectivity index (χ0) is 13.2. The van der Waals surface area contributed by atoms with E-state index in [2.05, 4.69) is 34.1 Å². The molecule has 0 aromatic heterocycles.